The highest BCUT2D eigenvalue weighted by Gasteiger charge is 2.21. The second-order valence-corrected chi connectivity index (χ2v) is 5.34. The van der Waals surface area contributed by atoms with Crippen LogP contribution in [0.5, 0.6) is 0 Å². The van der Waals surface area contributed by atoms with Crippen molar-refractivity contribution in [1.82, 2.24) is 10.6 Å². The maximum Gasteiger partial charge on any atom is 0.225 e. The Morgan fingerprint density at radius 2 is 1.23 bits per heavy atom. The van der Waals surface area contributed by atoms with Gasteiger partial charge in [0.1, 0.15) is 0 Å². The number of hydrogen-bond donors (Lipinski definition) is 2. The Kier molecular flexibility index (Phi) is 8.32. The van der Waals surface area contributed by atoms with Crippen LogP contribution in [-0.2, 0) is 28.5 Å². The van der Waals surface area contributed by atoms with Crippen molar-refractivity contribution in [2.45, 2.75) is 51.4 Å². The number of methoxy groups -OCH3 is 2. The monoisotopic (exact) mass is 318 g/mol. The van der Waals surface area contributed by atoms with Crippen molar-refractivity contribution in [1.29, 1.82) is 0 Å². The van der Waals surface area contributed by atoms with Gasteiger partial charge in [0.25, 0.3) is 0 Å². The molecule has 128 valence electrons. The number of nitrogens with one attached hydrogen (secondary N) is 2. The first-order chi connectivity index (χ1) is 10.4. The van der Waals surface area contributed by atoms with Crippen LogP contribution < -0.4 is 10.6 Å². The van der Waals surface area contributed by atoms with Crippen LogP contribution in [0.4, 0.5) is 0 Å². The Labute approximate surface area is 130 Å². The van der Waals surface area contributed by atoms with Crippen LogP contribution in [0, 0.1) is 0 Å². The van der Waals surface area contributed by atoms with Crippen LogP contribution in [0.2, 0.25) is 0 Å². The van der Waals surface area contributed by atoms with Crippen molar-refractivity contribution in [3.63, 3.8) is 0 Å². The van der Waals surface area contributed by atoms with Gasteiger partial charge in [-0.2, -0.15) is 0 Å². The molecule has 1 fully saturated rings. The van der Waals surface area contributed by atoms with Crippen molar-refractivity contribution >= 4 is 11.8 Å². The third kappa shape index (κ3) is 7.17. The van der Waals surface area contributed by atoms with E-state index in [0.717, 1.165) is 0 Å². The summed E-state index contributed by atoms with van der Waals surface area (Å²) in [4.78, 5) is 23.8. The molecular formula is C14H26N2O6. The molecule has 1 saturated heterocycles. The second kappa shape index (κ2) is 9.73. The Hall–Kier alpha value is -1.22. The van der Waals surface area contributed by atoms with Gasteiger partial charge in [0.2, 0.25) is 11.8 Å². The van der Waals surface area contributed by atoms with E-state index < -0.39 is 12.6 Å². The maximum absolute atomic E-state index is 11.9. The summed E-state index contributed by atoms with van der Waals surface area (Å²) in [5.74, 6) is -0.378. The van der Waals surface area contributed by atoms with E-state index in [-0.39, 0.29) is 50.0 Å². The fraction of sp³-hybridized carbons (Fsp3) is 0.857. The molecule has 0 unspecified atom stereocenters. The van der Waals surface area contributed by atoms with Gasteiger partial charge >= 0.3 is 0 Å². The van der Waals surface area contributed by atoms with Crippen molar-refractivity contribution in [3.8, 4) is 0 Å². The zero-order valence-corrected chi connectivity index (χ0v) is 13.6. The van der Waals surface area contributed by atoms with Crippen molar-refractivity contribution < 1.29 is 28.5 Å². The average Bonchev–Trinajstić information content (AvgIpc) is 2.46. The predicted octanol–water partition coefficient (Wildman–Crippen LogP) is -0.232. The number of carbonyl (C=O) groups excluding carboxylic acids is 2. The number of ether oxygens (including phenoxy) is 4. The summed E-state index contributed by atoms with van der Waals surface area (Å²) in [6.45, 7) is 4.10. The molecule has 2 N–H and O–H groups in total. The van der Waals surface area contributed by atoms with Crippen LogP contribution in [0.1, 0.15) is 26.7 Å². The summed E-state index contributed by atoms with van der Waals surface area (Å²) in [5.41, 5.74) is 0. The van der Waals surface area contributed by atoms with E-state index in [4.69, 9.17) is 18.9 Å². The van der Waals surface area contributed by atoms with Crippen molar-refractivity contribution in [2.24, 2.45) is 0 Å². The van der Waals surface area contributed by atoms with Gasteiger partial charge < -0.3 is 29.6 Å². The van der Waals surface area contributed by atoms with Crippen LogP contribution >= 0.6 is 0 Å². The van der Waals surface area contributed by atoms with E-state index in [1.54, 1.807) is 13.8 Å². The van der Waals surface area contributed by atoms with Crippen LogP contribution in [0.15, 0.2) is 0 Å². The molecule has 1 heterocycles. The van der Waals surface area contributed by atoms with Gasteiger partial charge in [0.05, 0.1) is 26.1 Å². The predicted molar refractivity (Wildman–Crippen MR) is 77.9 cm³/mol. The lowest BCUT2D eigenvalue weighted by Crippen LogP contribution is -2.43. The Balaban J connectivity index is 2.69. The highest BCUT2D eigenvalue weighted by atomic mass is 16.7. The van der Waals surface area contributed by atoms with E-state index in [9.17, 15) is 9.59 Å². The fourth-order valence-corrected chi connectivity index (χ4v) is 1.98. The first-order valence-electron chi connectivity index (χ1n) is 7.32. The molecule has 0 aromatic carbocycles. The Bertz CT molecular complexity index is 331. The number of hydrogen-bond acceptors (Lipinski definition) is 6. The molecular weight excluding hydrogens is 292 g/mol. The van der Waals surface area contributed by atoms with Gasteiger partial charge in [0, 0.05) is 26.3 Å². The molecule has 0 bridgehead atoms. The van der Waals surface area contributed by atoms with Gasteiger partial charge in [-0.25, -0.2) is 0 Å². The summed E-state index contributed by atoms with van der Waals surface area (Å²) in [6, 6.07) is -0.430. The molecule has 2 amide bonds. The van der Waals surface area contributed by atoms with E-state index >= 15 is 0 Å². The lowest BCUT2D eigenvalue weighted by Gasteiger charge is -2.24. The highest BCUT2D eigenvalue weighted by Crippen LogP contribution is 2.05. The molecule has 0 radical (unpaired) electrons. The van der Waals surface area contributed by atoms with Crippen molar-refractivity contribution in [3.05, 3.63) is 0 Å². The molecule has 1 aliphatic heterocycles. The number of rotatable bonds is 2. The summed E-state index contributed by atoms with van der Waals surface area (Å²) < 4.78 is 21.2. The molecule has 8 nitrogen and oxygen atoms in total. The largest absolute Gasteiger partial charge is 0.355 e. The minimum Gasteiger partial charge on any atom is -0.355 e. The maximum atomic E-state index is 11.9. The topological polar surface area (TPSA) is 95.1 Å². The Morgan fingerprint density at radius 1 is 0.864 bits per heavy atom. The number of amides is 2. The van der Waals surface area contributed by atoms with Gasteiger partial charge in [-0.15, -0.1) is 0 Å². The van der Waals surface area contributed by atoms with E-state index in [2.05, 4.69) is 10.6 Å². The zero-order chi connectivity index (χ0) is 16.5. The van der Waals surface area contributed by atoms with E-state index in [0.29, 0.717) is 0 Å². The lowest BCUT2D eigenvalue weighted by molar-refractivity contribution is -0.159. The van der Waals surface area contributed by atoms with Gasteiger partial charge in [-0.05, 0) is 13.8 Å². The SMILES string of the molecule is CO[C@H]1CC(=O)N[C@@H](C)CO[C@H](OC)CC(=O)N[C@@H](C)CO1. The summed E-state index contributed by atoms with van der Waals surface area (Å²) in [5, 5.41) is 5.57. The van der Waals surface area contributed by atoms with Crippen molar-refractivity contribution in [2.75, 3.05) is 27.4 Å². The fourth-order valence-electron chi connectivity index (χ4n) is 1.98. The first kappa shape index (κ1) is 18.8. The van der Waals surface area contributed by atoms with E-state index in [1.807, 2.05) is 0 Å². The standard InChI is InChI=1S/C14H26N2O6/c1-9-7-21-13(19-3)6-12(18)16-10(2)8-22-14(20-4)5-11(17)15-9/h9-10,13-14H,5-8H2,1-4H3,(H,15,17)(H,16,18)/t9-,10-,13-,14+/m0/s1. The molecule has 1 aliphatic rings. The quantitative estimate of drug-likeness (QED) is 0.730. The molecule has 4 atom stereocenters. The van der Waals surface area contributed by atoms with Crippen LogP contribution in [0.25, 0.3) is 0 Å². The Morgan fingerprint density at radius 3 is 1.55 bits per heavy atom. The molecule has 0 saturated carbocycles. The highest BCUT2D eigenvalue weighted by molar-refractivity contribution is 5.77. The van der Waals surface area contributed by atoms with Gasteiger partial charge in [-0.3, -0.25) is 9.59 Å². The third-order valence-electron chi connectivity index (χ3n) is 3.11. The zero-order valence-electron chi connectivity index (χ0n) is 13.6. The number of carbonyl (C=O) groups is 2. The second-order valence-electron chi connectivity index (χ2n) is 5.34. The molecule has 1 rings (SSSR count). The summed E-state index contributed by atoms with van der Waals surface area (Å²) in [6.07, 6.45) is -1.14. The smallest absolute Gasteiger partial charge is 0.225 e. The minimum atomic E-state index is -0.651. The summed E-state index contributed by atoms with van der Waals surface area (Å²) in [7, 11) is 2.94. The molecule has 0 aromatic heterocycles. The lowest BCUT2D eigenvalue weighted by atomic mass is 10.3. The molecule has 0 spiro atoms. The molecule has 0 aliphatic carbocycles. The van der Waals surface area contributed by atoms with Gasteiger partial charge in [-0.1, -0.05) is 0 Å². The molecule has 8 heteroatoms. The minimum absolute atomic E-state index is 0.0786. The summed E-state index contributed by atoms with van der Waals surface area (Å²) >= 11 is 0. The van der Waals surface area contributed by atoms with Crippen LogP contribution in [-0.4, -0.2) is 63.9 Å². The normalized spacial score (nSPS) is 32.7. The average molecular weight is 318 g/mol. The van der Waals surface area contributed by atoms with Crippen LogP contribution in [0.3, 0.4) is 0 Å². The van der Waals surface area contributed by atoms with E-state index in [1.165, 1.54) is 14.2 Å². The third-order valence-corrected chi connectivity index (χ3v) is 3.11. The molecule has 22 heavy (non-hydrogen) atoms. The first-order valence-corrected chi connectivity index (χ1v) is 7.32. The molecule has 0 aromatic rings. The van der Waals surface area contributed by atoms with Gasteiger partial charge in [0.15, 0.2) is 12.6 Å².